The molecule has 0 bridgehead atoms. The summed E-state index contributed by atoms with van der Waals surface area (Å²) in [5, 5.41) is 0. The molecule has 0 heterocycles. The molecule has 0 saturated carbocycles. The summed E-state index contributed by atoms with van der Waals surface area (Å²) in [6.45, 7) is 1.99. The molecule has 4 heteroatoms. The van der Waals surface area contributed by atoms with Gasteiger partial charge in [0, 0.05) is 33.9 Å². The van der Waals surface area contributed by atoms with E-state index in [1.165, 1.54) is 4.90 Å². The summed E-state index contributed by atoms with van der Waals surface area (Å²) >= 11 is 0. The molecule has 0 spiro atoms. The molecule has 0 aliphatic carbocycles. The molecule has 0 unspecified atom stereocenters. The van der Waals surface area contributed by atoms with Crippen LogP contribution >= 0.6 is 0 Å². The minimum Gasteiger partial charge on any atom is -0.410 e. The lowest BCUT2D eigenvalue weighted by atomic mass is 10.2. The number of amides is 1. The van der Waals surface area contributed by atoms with Crippen LogP contribution in [-0.4, -0.2) is 39.2 Å². The van der Waals surface area contributed by atoms with E-state index in [9.17, 15) is 4.79 Å². The van der Waals surface area contributed by atoms with E-state index in [-0.39, 0.29) is 6.09 Å². The summed E-state index contributed by atoms with van der Waals surface area (Å²) < 4.78 is 5.16. The van der Waals surface area contributed by atoms with Gasteiger partial charge in [0.2, 0.25) is 0 Å². The van der Waals surface area contributed by atoms with Crippen LogP contribution in [0.3, 0.4) is 0 Å². The zero-order chi connectivity index (χ0) is 12.3. The average molecular weight is 222 g/mol. The van der Waals surface area contributed by atoms with Gasteiger partial charge in [-0.05, 0) is 30.7 Å². The molecule has 0 aliphatic heterocycles. The Balaban J connectivity index is 2.85. The molecule has 0 saturated heterocycles. The van der Waals surface area contributed by atoms with Crippen LogP contribution in [0.25, 0.3) is 0 Å². The first-order valence-corrected chi connectivity index (χ1v) is 5.09. The zero-order valence-corrected chi connectivity index (χ0v) is 10.4. The summed E-state index contributed by atoms with van der Waals surface area (Å²) in [6.07, 6.45) is -0.364. The highest BCUT2D eigenvalue weighted by atomic mass is 16.6. The topological polar surface area (TPSA) is 32.8 Å². The molecule has 0 N–H and O–H groups in total. The number of rotatable bonds is 2. The van der Waals surface area contributed by atoms with Gasteiger partial charge in [0.05, 0.1) is 0 Å². The highest BCUT2D eigenvalue weighted by Gasteiger charge is 2.08. The van der Waals surface area contributed by atoms with Crippen LogP contribution in [0.5, 0.6) is 5.75 Å². The van der Waals surface area contributed by atoms with Gasteiger partial charge in [0.25, 0.3) is 0 Å². The van der Waals surface area contributed by atoms with Crippen molar-refractivity contribution in [2.24, 2.45) is 0 Å². The van der Waals surface area contributed by atoms with Crippen molar-refractivity contribution in [1.82, 2.24) is 4.90 Å². The van der Waals surface area contributed by atoms with Crippen LogP contribution < -0.4 is 9.64 Å². The summed E-state index contributed by atoms with van der Waals surface area (Å²) in [7, 11) is 7.27. The largest absolute Gasteiger partial charge is 0.414 e. The number of anilines is 1. The first kappa shape index (κ1) is 12.4. The van der Waals surface area contributed by atoms with Gasteiger partial charge >= 0.3 is 6.09 Å². The number of benzene rings is 1. The maximum absolute atomic E-state index is 11.3. The first-order valence-electron chi connectivity index (χ1n) is 5.09. The van der Waals surface area contributed by atoms with Gasteiger partial charge in [-0.3, -0.25) is 0 Å². The molecule has 0 radical (unpaired) electrons. The minimum absolute atomic E-state index is 0.364. The van der Waals surface area contributed by atoms with Crippen LogP contribution in [0.2, 0.25) is 0 Å². The second kappa shape index (κ2) is 4.88. The third-order valence-corrected chi connectivity index (χ3v) is 2.22. The summed E-state index contributed by atoms with van der Waals surface area (Å²) in [5.41, 5.74) is 2.19. The van der Waals surface area contributed by atoms with E-state index in [0.29, 0.717) is 5.75 Å². The Morgan fingerprint density at radius 1 is 1.19 bits per heavy atom. The second-order valence-electron chi connectivity index (χ2n) is 4.11. The van der Waals surface area contributed by atoms with Crippen molar-refractivity contribution in [3.8, 4) is 5.75 Å². The quantitative estimate of drug-likeness (QED) is 0.768. The van der Waals surface area contributed by atoms with Crippen LogP contribution in [0.1, 0.15) is 5.56 Å². The maximum Gasteiger partial charge on any atom is 0.414 e. The van der Waals surface area contributed by atoms with E-state index in [1.54, 1.807) is 20.2 Å². The lowest BCUT2D eigenvalue weighted by Crippen LogP contribution is -2.25. The van der Waals surface area contributed by atoms with Gasteiger partial charge in [-0.15, -0.1) is 0 Å². The predicted molar refractivity (Wildman–Crippen MR) is 65.2 cm³/mol. The van der Waals surface area contributed by atoms with Crippen molar-refractivity contribution in [1.29, 1.82) is 0 Å². The van der Waals surface area contributed by atoms with Crippen LogP contribution in [0.4, 0.5) is 10.5 Å². The van der Waals surface area contributed by atoms with Crippen molar-refractivity contribution in [2.45, 2.75) is 6.92 Å². The highest BCUT2D eigenvalue weighted by molar-refractivity contribution is 5.70. The Bertz CT molecular complexity index is 387. The number of carbonyl (C=O) groups is 1. The average Bonchev–Trinajstić information content (AvgIpc) is 2.16. The fraction of sp³-hybridized carbons (Fsp3) is 0.417. The molecule has 1 aromatic rings. The van der Waals surface area contributed by atoms with Gasteiger partial charge in [-0.2, -0.15) is 0 Å². The molecule has 1 aromatic carbocycles. The Morgan fingerprint density at radius 3 is 2.25 bits per heavy atom. The Morgan fingerprint density at radius 2 is 1.81 bits per heavy atom. The smallest absolute Gasteiger partial charge is 0.410 e. The first-order chi connectivity index (χ1) is 7.41. The van der Waals surface area contributed by atoms with E-state index in [1.807, 2.05) is 38.1 Å². The van der Waals surface area contributed by atoms with Gasteiger partial charge in [0.15, 0.2) is 0 Å². The number of hydrogen-bond acceptors (Lipinski definition) is 3. The molecule has 4 nitrogen and oxygen atoms in total. The van der Waals surface area contributed by atoms with E-state index in [0.717, 1.165) is 11.3 Å². The van der Waals surface area contributed by atoms with Gasteiger partial charge < -0.3 is 14.5 Å². The minimum atomic E-state index is -0.364. The molecular formula is C12H18N2O2. The van der Waals surface area contributed by atoms with Crippen molar-refractivity contribution in [3.63, 3.8) is 0 Å². The zero-order valence-electron chi connectivity index (χ0n) is 10.4. The number of hydrogen-bond donors (Lipinski definition) is 0. The molecule has 0 aliphatic rings. The summed E-state index contributed by atoms with van der Waals surface area (Å²) in [5.74, 6) is 0.571. The molecular weight excluding hydrogens is 204 g/mol. The SMILES string of the molecule is Cc1cc(OC(=O)N(C)C)ccc1N(C)C. The molecule has 0 aromatic heterocycles. The number of aryl methyl sites for hydroxylation is 1. The van der Waals surface area contributed by atoms with E-state index in [4.69, 9.17) is 4.74 Å². The summed E-state index contributed by atoms with van der Waals surface area (Å²) in [6, 6.07) is 5.59. The predicted octanol–water partition coefficient (Wildman–Crippen LogP) is 2.12. The normalized spacial score (nSPS) is 9.81. The van der Waals surface area contributed by atoms with Crippen molar-refractivity contribution in [2.75, 3.05) is 33.1 Å². The summed E-state index contributed by atoms with van der Waals surface area (Å²) in [4.78, 5) is 14.8. The van der Waals surface area contributed by atoms with Crippen molar-refractivity contribution >= 4 is 11.8 Å². The van der Waals surface area contributed by atoms with E-state index >= 15 is 0 Å². The molecule has 0 fully saturated rings. The molecule has 16 heavy (non-hydrogen) atoms. The molecule has 88 valence electrons. The molecule has 1 amide bonds. The van der Waals surface area contributed by atoms with Gasteiger partial charge in [0.1, 0.15) is 5.75 Å². The number of carbonyl (C=O) groups excluding carboxylic acids is 1. The third kappa shape index (κ3) is 2.89. The molecule has 0 atom stereocenters. The van der Waals surface area contributed by atoms with E-state index in [2.05, 4.69) is 0 Å². The molecule has 1 rings (SSSR count). The monoisotopic (exact) mass is 222 g/mol. The third-order valence-electron chi connectivity index (χ3n) is 2.22. The highest BCUT2D eigenvalue weighted by Crippen LogP contribution is 2.23. The Labute approximate surface area is 96.4 Å². The van der Waals surface area contributed by atoms with Crippen molar-refractivity contribution in [3.05, 3.63) is 23.8 Å². The van der Waals surface area contributed by atoms with E-state index < -0.39 is 0 Å². The second-order valence-corrected chi connectivity index (χ2v) is 4.11. The van der Waals surface area contributed by atoms with Crippen LogP contribution in [-0.2, 0) is 0 Å². The Kier molecular flexibility index (Phi) is 3.77. The van der Waals surface area contributed by atoms with Crippen LogP contribution in [0, 0.1) is 6.92 Å². The maximum atomic E-state index is 11.3. The fourth-order valence-electron chi connectivity index (χ4n) is 1.39. The van der Waals surface area contributed by atoms with Gasteiger partial charge in [-0.1, -0.05) is 0 Å². The lowest BCUT2D eigenvalue weighted by Gasteiger charge is -2.17. The van der Waals surface area contributed by atoms with Crippen LogP contribution in [0.15, 0.2) is 18.2 Å². The fourth-order valence-corrected chi connectivity index (χ4v) is 1.39. The Hall–Kier alpha value is -1.71. The van der Waals surface area contributed by atoms with Crippen molar-refractivity contribution < 1.29 is 9.53 Å². The number of nitrogens with zero attached hydrogens (tertiary/aromatic N) is 2. The standard InChI is InChI=1S/C12H18N2O2/c1-9-8-10(16-12(15)14(4)5)6-7-11(9)13(2)3/h6-8H,1-5H3. The lowest BCUT2D eigenvalue weighted by molar-refractivity contribution is 0.172. The number of ether oxygens (including phenoxy) is 1. The van der Waals surface area contributed by atoms with Gasteiger partial charge in [-0.25, -0.2) is 4.79 Å².